The van der Waals surface area contributed by atoms with Gasteiger partial charge in [-0.05, 0) is 22.6 Å². The summed E-state index contributed by atoms with van der Waals surface area (Å²) >= 11 is 0. The van der Waals surface area contributed by atoms with Gasteiger partial charge in [0.2, 0.25) is 0 Å². The Balaban J connectivity index is 1.94. The molecule has 0 amide bonds. The van der Waals surface area contributed by atoms with Crippen molar-refractivity contribution in [1.82, 2.24) is 0 Å². The molecule has 2 rings (SSSR count). The van der Waals surface area contributed by atoms with Crippen molar-refractivity contribution in [3.05, 3.63) is 70.8 Å². The van der Waals surface area contributed by atoms with Crippen LogP contribution in [0.5, 0.6) is 0 Å². The molecule has 3 heteroatoms. The van der Waals surface area contributed by atoms with Crippen LogP contribution >= 0.6 is 0 Å². The van der Waals surface area contributed by atoms with Gasteiger partial charge in [-0.3, -0.25) is 0 Å². The molecule has 0 radical (unpaired) electrons. The van der Waals surface area contributed by atoms with Crippen LogP contribution in [-0.2, 0) is 16.9 Å². The van der Waals surface area contributed by atoms with Crippen LogP contribution in [0.1, 0.15) is 43.0 Å². The van der Waals surface area contributed by atoms with Crippen molar-refractivity contribution < 1.29 is 4.84 Å². The van der Waals surface area contributed by atoms with Crippen LogP contribution in [0.2, 0.25) is 0 Å². The zero-order valence-electron chi connectivity index (χ0n) is 13.2. The minimum atomic E-state index is 0.146. The molecule has 0 saturated carbocycles. The predicted octanol–water partition coefficient (Wildman–Crippen LogP) is 4.41. The number of benzene rings is 2. The Labute approximate surface area is 131 Å². The molecule has 112 valence electrons. The van der Waals surface area contributed by atoms with E-state index in [-0.39, 0.29) is 5.41 Å². The maximum Gasteiger partial charge on any atom is 0.143 e. The van der Waals surface area contributed by atoms with Gasteiger partial charge in [-0.15, -0.1) is 0 Å². The highest BCUT2D eigenvalue weighted by Crippen LogP contribution is 2.21. The monoisotopic (exact) mass is 292 g/mol. The van der Waals surface area contributed by atoms with Crippen molar-refractivity contribution in [3.8, 4) is 6.07 Å². The van der Waals surface area contributed by atoms with Crippen molar-refractivity contribution in [2.45, 2.75) is 32.8 Å². The summed E-state index contributed by atoms with van der Waals surface area (Å²) in [6.07, 6.45) is 1.68. The average Bonchev–Trinajstić information content (AvgIpc) is 2.51. The van der Waals surface area contributed by atoms with Crippen LogP contribution in [-0.4, -0.2) is 6.21 Å². The summed E-state index contributed by atoms with van der Waals surface area (Å²) in [6, 6.07) is 17.8. The zero-order chi connectivity index (χ0) is 16.0. The topological polar surface area (TPSA) is 45.4 Å². The van der Waals surface area contributed by atoms with Crippen molar-refractivity contribution in [2.24, 2.45) is 5.16 Å². The van der Waals surface area contributed by atoms with E-state index in [1.807, 2.05) is 30.3 Å². The maximum atomic E-state index is 9.00. The predicted molar refractivity (Wildman–Crippen MR) is 88.7 cm³/mol. The third-order valence-electron chi connectivity index (χ3n) is 3.41. The normalized spacial score (nSPS) is 11.4. The standard InChI is InChI=1S/C19H20N2O/c1-19(2,3)18-10-8-15(9-11-18)13-21-22-14-17-7-5-4-6-16(17)12-20/h4-11,13H,14H2,1-3H3/b21-13-. The number of nitriles is 1. The second-order valence-electron chi connectivity index (χ2n) is 6.15. The van der Waals surface area contributed by atoms with Gasteiger partial charge in [0.25, 0.3) is 0 Å². The number of nitrogens with zero attached hydrogens (tertiary/aromatic N) is 2. The van der Waals surface area contributed by atoms with Gasteiger partial charge >= 0.3 is 0 Å². The Hall–Kier alpha value is -2.60. The molecule has 0 aliphatic carbocycles. The molecule has 0 aliphatic heterocycles. The van der Waals surface area contributed by atoms with Gasteiger partial charge in [0.05, 0.1) is 17.8 Å². The largest absolute Gasteiger partial charge is 0.391 e. The molecule has 0 fully saturated rings. The highest BCUT2D eigenvalue weighted by molar-refractivity contribution is 5.79. The highest BCUT2D eigenvalue weighted by atomic mass is 16.6. The molecule has 0 atom stereocenters. The smallest absolute Gasteiger partial charge is 0.143 e. The van der Waals surface area contributed by atoms with E-state index in [1.54, 1.807) is 12.3 Å². The van der Waals surface area contributed by atoms with Crippen LogP contribution in [0.3, 0.4) is 0 Å². The number of oxime groups is 1. The molecule has 0 aromatic heterocycles. The Bertz CT molecular complexity index is 689. The lowest BCUT2D eigenvalue weighted by Crippen LogP contribution is -2.10. The summed E-state index contributed by atoms with van der Waals surface area (Å²) < 4.78 is 0. The summed E-state index contributed by atoms with van der Waals surface area (Å²) in [6.45, 7) is 6.85. The number of rotatable bonds is 4. The van der Waals surface area contributed by atoms with E-state index in [4.69, 9.17) is 10.1 Å². The fourth-order valence-corrected chi connectivity index (χ4v) is 2.03. The minimum Gasteiger partial charge on any atom is -0.391 e. The lowest BCUT2D eigenvalue weighted by Gasteiger charge is -2.18. The molecule has 0 spiro atoms. The van der Waals surface area contributed by atoms with E-state index in [2.05, 4.69) is 44.1 Å². The maximum absolute atomic E-state index is 9.00. The van der Waals surface area contributed by atoms with Gasteiger partial charge in [0.1, 0.15) is 6.61 Å². The van der Waals surface area contributed by atoms with Crippen LogP contribution in [0.4, 0.5) is 0 Å². The molecule has 2 aromatic carbocycles. The van der Waals surface area contributed by atoms with Crippen molar-refractivity contribution in [1.29, 1.82) is 5.26 Å². The van der Waals surface area contributed by atoms with Gasteiger partial charge < -0.3 is 4.84 Å². The van der Waals surface area contributed by atoms with Crippen molar-refractivity contribution in [2.75, 3.05) is 0 Å². The van der Waals surface area contributed by atoms with Gasteiger partial charge in [-0.2, -0.15) is 5.26 Å². The van der Waals surface area contributed by atoms with Gasteiger partial charge in [0.15, 0.2) is 0 Å². The Morgan fingerprint density at radius 3 is 2.41 bits per heavy atom. The first-order chi connectivity index (χ1) is 10.5. The molecule has 2 aromatic rings. The second-order valence-corrected chi connectivity index (χ2v) is 6.15. The molecular formula is C19H20N2O. The average molecular weight is 292 g/mol. The lowest BCUT2D eigenvalue weighted by atomic mass is 9.87. The summed E-state index contributed by atoms with van der Waals surface area (Å²) in [5.41, 5.74) is 3.88. The van der Waals surface area contributed by atoms with E-state index < -0.39 is 0 Å². The Kier molecular flexibility index (Phi) is 4.95. The first-order valence-corrected chi connectivity index (χ1v) is 7.24. The molecule has 0 aliphatic rings. The van der Waals surface area contributed by atoms with E-state index in [0.717, 1.165) is 11.1 Å². The number of hydrogen-bond donors (Lipinski definition) is 0. The molecular weight excluding hydrogens is 272 g/mol. The van der Waals surface area contributed by atoms with Crippen LogP contribution in [0.15, 0.2) is 53.7 Å². The molecule has 3 nitrogen and oxygen atoms in total. The van der Waals surface area contributed by atoms with Crippen molar-refractivity contribution >= 4 is 6.21 Å². The second kappa shape index (κ2) is 6.91. The van der Waals surface area contributed by atoms with E-state index in [1.165, 1.54) is 5.56 Å². The summed E-state index contributed by atoms with van der Waals surface area (Å²) in [4.78, 5) is 5.28. The van der Waals surface area contributed by atoms with Gasteiger partial charge in [-0.1, -0.05) is 68.4 Å². The van der Waals surface area contributed by atoms with Gasteiger partial charge in [0, 0.05) is 5.56 Å². The Morgan fingerprint density at radius 2 is 1.77 bits per heavy atom. The fourth-order valence-electron chi connectivity index (χ4n) is 2.03. The van der Waals surface area contributed by atoms with E-state index in [9.17, 15) is 0 Å². The highest BCUT2D eigenvalue weighted by Gasteiger charge is 2.12. The first-order valence-electron chi connectivity index (χ1n) is 7.24. The fraction of sp³-hybridized carbons (Fsp3) is 0.263. The molecule has 0 saturated heterocycles. The van der Waals surface area contributed by atoms with Crippen LogP contribution in [0.25, 0.3) is 0 Å². The summed E-state index contributed by atoms with van der Waals surface area (Å²) in [5, 5.41) is 13.0. The zero-order valence-corrected chi connectivity index (χ0v) is 13.2. The quantitative estimate of drug-likeness (QED) is 0.619. The molecule has 0 unspecified atom stereocenters. The minimum absolute atomic E-state index is 0.146. The van der Waals surface area contributed by atoms with Crippen LogP contribution < -0.4 is 0 Å². The third-order valence-corrected chi connectivity index (χ3v) is 3.41. The first kappa shape index (κ1) is 15.8. The molecule has 0 heterocycles. The number of hydrogen-bond acceptors (Lipinski definition) is 3. The Morgan fingerprint density at radius 1 is 1.09 bits per heavy atom. The summed E-state index contributed by atoms with van der Waals surface area (Å²) in [5.74, 6) is 0. The van der Waals surface area contributed by atoms with Gasteiger partial charge in [-0.25, -0.2) is 0 Å². The molecule has 22 heavy (non-hydrogen) atoms. The SMILES string of the molecule is CC(C)(C)c1ccc(/C=N\OCc2ccccc2C#N)cc1. The van der Waals surface area contributed by atoms with E-state index in [0.29, 0.717) is 12.2 Å². The van der Waals surface area contributed by atoms with Crippen LogP contribution in [0, 0.1) is 11.3 Å². The third kappa shape index (κ3) is 4.20. The van der Waals surface area contributed by atoms with E-state index >= 15 is 0 Å². The molecule has 0 bridgehead atoms. The molecule has 0 N–H and O–H groups in total. The van der Waals surface area contributed by atoms with Crippen molar-refractivity contribution in [3.63, 3.8) is 0 Å². The summed E-state index contributed by atoms with van der Waals surface area (Å²) in [7, 11) is 0. The lowest BCUT2D eigenvalue weighted by molar-refractivity contribution is 0.132.